The number of hydrogen-bond donors (Lipinski definition) is 3. The largest absolute Gasteiger partial charge is 0.419 e. The molecule has 1 aliphatic rings. The highest BCUT2D eigenvalue weighted by Crippen LogP contribution is 2.46. The summed E-state index contributed by atoms with van der Waals surface area (Å²) in [4.78, 5) is 29.2. The van der Waals surface area contributed by atoms with E-state index < -0.39 is 23.5 Å². The van der Waals surface area contributed by atoms with Gasteiger partial charge in [-0.1, -0.05) is 24.3 Å². The van der Waals surface area contributed by atoms with E-state index in [-0.39, 0.29) is 46.3 Å². The predicted octanol–water partition coefficient (Wildman–Crippen LogP) is 6.35. The molecule has 0 radical (unpaired) electrons. The number of nitrogens with zero attached hydrogens (tertiary/aromatic N) is 2. The van der Waals surface area contributed by atoms with Crippen molar-refractivity contribution in [2.24, 2.45) is 5.73 Å². The fraction of sp³-hybridized carbons (Fsp3) is 0.107. The molecule has 0 saturated carbocycles. The molecule has 198 valence electrons. The van der Waals surface area contributed by atoms with Crippen LogP contribution >= 0.6 is 0 Å². The number of aromatic nitrogens is 1. The average molecular weight is 536 g/mol. The number of benzene rings is 3. The van der Waals surface area contributed by atoms with Crippen molar-refractivity contribution in [3.8, 4) is 0 Å². The number of carbonyl (C=O) groups is 2. The molecule has 4 aromatic rings. The maximum absolute atomic E-state index is 14.3. The molecule has 1 aromatic heterocycles. The zero-order chi connectivity index (χ0) is 27.9. The highest BCUT2D eigenvalue weighted by atomic mass is 19.4. The van der Waals surface area contributed by atoms with Crippen LogP contribution in [0.2, 0.25) is 0 Å². The Bertz CT molecular complexity index is 1610. The Kier molecular flexibility index (Phi) is 6.43. The molecule has 3 aromatic carbocycles. The number of alkyl halides is 3. The Morgan fingerprint density at radius 3 is 2.51 bits per heavy atom. The van der Waals surface area contributed by atoms with Crippen LogP contribution in [0.25, 0.3) is 0 Å². The van der Waals surface area contributed by atoms with Gasteiger partial charge in [0.25, 0.3) is 5.91 Å². The van der Waals surface area contributed by atoms with E-state index in [0.717, 1.165) is 17.7 Å². The molecule has 2 amide bonds. The van der Waals surface area contributed by atoms with E-state index in [1.165, 1.54) is 17.9 Å². The van der Waals surface area contributed by atoms with Crippen LogP contribution in [0.4, 0.5) is 51.8 Å². The molecule has 0 aliphatic carbocycles. The fourth-order valence-corrected chi connectivity index (χ4v) is 4.54. The number of para-hydroxylation sites is 1. The fourth-order valence-electron chi connectivity index (χ4n) is 4.54. The van der Waals surface area contributed by atoms with Crippen molar-refractivity contribution >= 4 is 46.1 Å². The topological polar surface area (TPSA) is 100 Å². The van der Waals surface area contributed by atoms with Gasteiger partial charge in [-0.05, 0) is 54.4 Å². The van der Waals surface area contributed by atoms with E-state index >= 15 is 0 Å². The normalized spacial score (nSPS) is 12.6. The van der Waals surface area contributed by atoms with Crippen molar-refractivity contribution < 1.29 is 27.2 Å². The maximum atomic E-state index is 14.3. The third kappa shape index (κ3) is 5.11. The Morgan fingerprint density at radius 1 is 1.08 bits per heavy atom. The lowest BCUT2D eigenvalue weighted by Gasteiger charge is -2.31. The molecule has 0 saturated heterocycles. The minimum Gasteiger partial charge on any atom is -0.366 e. The van der Waals surface area contributed by atoms with Crippen molar-refractivity contribution in [3.05, 3.63) is 101 Å². The minimum absolute atomic E-state index is 0.00186. The van der Waals surface area contributed by atoms with Gasteiger partial charge in [-0.25, -0.2) is 9.37 Å². The monoisotopic (exact) mass is 535 g/mol. The molecule has 5 rings (SSSR count). The van der Waals surface area contributed by atoms with Crippen molar-refractivity contribution in [3.63, 3.8) is 0 Å². The molecule has 0 fully saturated rings. The van der Waals surface area contributed by atoms with Crippen molar-refractivity contribution in [1.82, 2.24) is 4.98 Å². The molecule has 0 spiro atoms. The summed E-state index contributed by atoms with van der Waals surface area (Å²) in [5, 5.41) is 5.70. The quantitative estimate of drug-likeness (QED) is 0.250. The van der Waals surface area contributed by atoms with E-state index in [2.05, 4.69) is 15.6 Å². The molecule has 4 N–H and O–H groups in total. The lowest BCUT2D eigenvalue weighted by atomic mass is 10.0. The van der Waals surface area contributed by atoms with E-state index in [1.807, 2.05) is 0 Å². The van der Waals surface area contributed by atoms with Crippen LogP contribution in [0.1, 0.15) is 27.0 Å². The summed E-state index contributed by atoms with van der Waals surface area (Å²) in [5.74, 6) is -1.86. The summed E-state index contributed by atoms with van der Waals surface area (Å²) in [6.45, 7) is 1.48. The summed E-state index contributed by atoms with van der Waals surface area (Å²) < 4.78 is 57.3. The van der Waals surface area contributed by atoms with E-state index in [4.69, 9.17) is 5.73 Å². The van der Waals surface area contributed by atoms with Gasteiger partial charge in [0.05, 0.1) is 28.9 Å². The number of aryl methyl sites for hydroxylation is 1. The summed E-state index contributed by atoms with van der Waals surface area (Å²) >= 11 is 0. The summed E-state index contributed by atoms with van der Waals surface area (Å²) in [5.41, 5.74) is 6.16. The number of nitrogens with two attached hydrogens (primary N) is 1. The average Bonchev–Trinajstić information content (AvgIpc) is 3.24. The first-order chi connectivity index (χ1) is 18.5. The first-order valence-corrected chi connectivity index (χ1v) is 11.7. The van der Waals surface area contributed by atoms with Crippen LogP contribution in [0.5, 0.6) is 0 Å². The summed E-state index contributed by atoms with van der Waals surface area (Å²) in [7, 11) is 0. The van der Waals surface area contributed by atoms with Gasteiger partial charge in [0.2, 0.25) is 5.91 Å². The maximum Gasteiger partial charge on any atom is 0.419 e. The van der Waals surface area contributed by atoms with Gasteiger partial charge in [0.1, 0.15) is 11.6 Å². The number of rotatable bonds is 6. The Hall–Kier alpha value is -4.93. The van der Waals surface area contributed by atoms with Crippen LogP contribution < -0.4 is 21.3 Å². The predicted molar refractivity (Wildman–Crippen MR) is 139 cm³/mol. The van der Waals surface area contributed by atoms with E-state index in [0.29, 0.717) is 17.6 Å². The highest BCUT2D eigenvalue weighted by molar-refractivity contribution is 6.02. The molecule has 7 nitrogen and oxygen atoms in total. The van der Waals surface area contributed by atoms with E-state index in [1.54, 1.807) is 48.5 Å². The number of fused-ring (bicyclic) bond motifs is 1. The van der Waals surface area contributed by atoms with Gasteiger partial charge < -0.3 is 21.3 Å². The van der Waals surface area contributed by atoms with Crippen molar-refractivity contribution in [2.45, 2.75) is 19.5 Å². The molecule has 1 aliphatic heterocycles. The smallest absolute Gasteiger partial charge is 0.366 e. The molecule has 2 heterocycles. The summed E-state index contributed by atoms with van der Waals surface area (Å²) in [6, 6.07) is 16.3. The second kappa shape index (κ2) is 9.75. The molecule has 0 bridgehead atoms. The zero-order valence-electron chi connectivity index (χ0n) is 20.4. The molecule has 39 heavy (non-hydrogen) atoms. The third-order valence-electron chi connectivity index (χ3n) is 6.20. The molecular weight excluding hydrogens is 514 g/mol. The number of halogens is 4. The number of pyridine rings is 1. The molecular formula is C28H21F4N5O2. The first kappa shape index (κ1) is 25.7. The Labute approximate surface area is 220 Å². The van der Waals surface area contributed by atoms with Gasteiger partial charge in [-0.2, -0.15) is 13.2 Å². The second-order valence-corrected chi connectivity index (χ2v) is 8.96. The number of primary amides is 1. The van der Waals surface area contributed by atoms with Crippen LogP contribution in [0.15, 0.2) is 72.9 Å². The van der Waals surface area contributed by atoms with E-state index in [9.17, 15) is 27.2 Å². The molecule has 0 atom stereocenters. The first-order valence-electron chi connectivity index (χ1n) is 11.7. The van der Waals surface area contributed by atoms with Gasteiger partial charge >= 0.3 is 6.18 Å². The van der Waals surface area contributed by atoms with Gasteiger partial charge in [0.15, 0.2) is 0 Å². The second-order valence-electron chi connectivity index (χ2n) is 8.96. The minimum atomic E-state index is -4.83. The number of nitrogens with one attached hydrogen (secondary N) is 2. The third-order valence-corrected chi connectivity index (χ3v) is 6.20. The Balaban J connectivity index is 1.71. The number of hydrogen-bond acceptors (Lipinski definition) is 5. The number of carbonyl (C=O) groups excluding carboxylic acids is 2. The van der Waals surface area contributed by atoms with Crippen LogP contribution in [0, 0.1) is 12.7 Å². The Morgan fingerprint density at radius 2 is 1.82 bits per heavy atom. The van der Waals surface area contributed by atoms with Crippen molar-refractivity contribution in [2.75, 3.05) is 15.5 Å². The van der Waals surface area contributed by atoms with Gasteiger partial charge in [-0.3, -0.25) is 9.59 Å². The van der Waals surface area contributed by atoms with Crippen LogP contribution in [0.3, 0.4) is 0 Å². The molecule has 0 unspecified atom stereocenters. The van der Waals surface area contributed by atoms with Gasteiger partial charge in [-0.15, -0.1) is 0 Å². The SMILES string of the molecule is Cc1cc(F)cc(C(N)=O)c1N(c1ccccc1)c1cc(Nc2ccc3c(c2)NC(=O)C3)ncc1C(F)(F)F. The standard InChI is InChI=1S/C28H21F4N5O2/c1-15-9-17(29)11-20(27(33)39)26(15)37(19-5-3-2-4-6-19)23-13-24(34-14-21(23)28(30,31)32)35-18-8-7-16-10-25(38)36-22(16)12-18/h2-9,11-14H,10H2,1H3,(H2,33,39)(H,34,35)(H,36,38). The van der Waals surface area contributed by atoms with Gasteiger partial charge in [0, 0.05) is 29.3 Å². The highest BCUT2D eigenvalue weighted by Gasteiger charge is 2.37. The lowest BCUT2D eigenvalue weighted by molar-refractivity contribution is -0.137. The lowest BCUT2D eigenvalue weighted by Crippen LogP contribution is -2.22. The number of amides is 2. The summed E-state index contributed by atoms with van der Waals surface area (Å²) in [6.07, 6.45) is -3.90. The van der Waals surface area contributed by atoms with Crippen molar-refractivity contribution in [1.29, 1.82) is 0 Å². The number of anilines is 6. The molecule has 11 heteroatoms. The van der Waals surface area contributed by atoms with Crippen LogP contribution in [-0.2, 0) is 17.4 Å². The van der Waals surface area contributed by atoms with Crippen LogP contribution in [-0.4, -0.2) is 16.8 Å². The zero-order valence-corrected chi connectivity index (χ0v) is 20.4.